The highest BCUT2D eigenvalue weighted by Crippen LogP contribution is 2.31. The summed E-state index contributed by atoms with van der Waals surface area (Å²) in [6.45, 7) is 1.59. The van der Waals surface area contributed by atoms with Crippen molar-refractivity contribution in [2.45, 2.75) is 19.0 Å². The standard InChI is InChI=1S/C22H23ClN2O/c23-22-20(13-7-14-24-22)17-25(15-8-16-26)21(18-9-3-1-4-10-18)19-11-5-2-6-12-19/h1-7,9-14,21,26H,8,15-17H2. The molecule has 0 radical (unpaired) electrons. The van der Waals surface area contributed by atoms with E-state index in [1.165, 1.54) is 11.1 Å². The van der Waals surface area contributed by atoms with Crippen LogP contribution in [-0.2, 0) is 6.54 Å². The number of halogens is 1. The van der Waals surface area contributed by atoms with Gasteiger partial charge in [-0.1, -0.05) is 78.3 Å². The van der Waals surface area contributed by atoms with E-state index in [0.717, 1.165) is 12.1 Å². The van der Waals surface area contributed by atoms with Gasteiger partial charge < -0.3 is 5.11 Å². The summed E-state index contributed by atoms with van der Waals surface area (Å²) in [6.07, 6.45) is 2.41. The first-order valence-electron chi connectivity index (χ1n) is 8.84. The Balaban J connectivity index is 1.99. The highest BCUT2D eigenvalue weighted by molar-refractivity contribution is 6.30. The summed E-state index contributed by atoms with van der Waals surface area (Å²) in [4.78, 5) is 6.56. The Hall–Kier alpha value is -2.20. The molecule has 134 valence electrons. The zero-order valence-electron chi connectivity index (χ0n) is 14.6. The Kier molecular flexibility index (Phi) is 6.78. The van der Waals surface area contributed by atoms with Crippen LogP contribution in [0.15, 0.2) is 79.0 Å². The highest BCUT2D eigenvalue weighted by atomic mass is 35.5. The lowest BCUT2D eigenvalue weighted by molar-refractivity contribution is 0.186. The topological polar surface area (TPSA) is 36.4 Å². The molecule has 3 rings (SSSR count). The predicted octanol–water partition coefficient (Wildman–Crippen LogP) is 4.71. The van der Waals surface area contributed by atoms with E-state index < -0.39 is 0 Å². The lowest BCUT2D eigenvalue weighted by Crippen LogP contribution is -2.31. The van der Waals surface area contributed by atoms with Crippen LogP contribution in [0.2, 0.25) is 5.15 Å². The van der Waals surface area contributed by atoms with Gasteiger partial charge in [0, 0.05) is 31.5 Å². The molecule has 4 heteroatoms. The second-order valence-electron chi connectivity index (χ2n) is 6.22. The molecule has 0 aliphatic heterocycles. The molecule has 0 atom stereocenters. The van der Waals surface area contributed by atoms with Crippen LogP contribution < -0.4 is 0 Å². The van der Waals surface area contributed by atoms with Gasteiger partial charge in [0.2, 0.25) is 0 Å². The number of benzene rings is 2. The Morgan fingerprint density at radius 3 is 2.04 bits per heavy atom. The van der Waals surface area contributed by atoms with Crippen LogP contribution in [0.1, 0.15) is 29.2 Å². The summed E-state index contributed by atoms with van der Waals surface area (Å²) in [5, 5.41) is 9.92. The van der Waals surface area contributed by atoms with Gasteiger partial charge in [0.1, 0.15) is 5.15 Å². The number of rotatable bonds is 8. The molecule has 1 aromatic heterocycles. The summed E-state index contributed by atoms with van der Waals surface area (Å²) < 4.78 is 0. The highest BCUT2D eigenvalue weighted by Gasteiger charge is 2.23. The fraction of sp³-hybridized carbons (Fsp3) is 0.227. The van der Waals surface area contributed by atoms with Crippen molar-refractivity contribution in [3.8, 4) is 0 Å². The summed E-state index contributed by atoms with van der Waals surface area (Å²) >= 11 is 6.31. The number of nitrogens with zero attached hydrogens (tertiary/aromatic N) is 2. The van der Waals surface area contributed by atoms with Gasteiger partial charge in [-0.15, -0.1) is 0 Å². The third-order valence-corrected chi connectivity index (χ3v) is 4.75. The van der Waals surface area contributed by atoms with E-state index in [2.05, 4.69) is 58.4 Å². The van der Waals surface area contributed by atoms with Crippen LogP contribution in [0.5, 0.6) is 0 Å². The minimum atomic E-state index is 0.0835. The quantitative estimate of drug-likeness (QED) is 0.586. The third kappa shape index (κ3) is 4.70. The van der Waals surface area contributed by atoms with Crippen LogP contribution in [0.25, 0.3) is 0 Å². The van der Waals surface area contributed by atoms with Gasteiger partial charge in [0.05, 0.1) is 6.04 Å². The maximum absolute atomic E-state index is 9.39. The van der Waals surface area contributed by atoms with Gasteiger partial charge in [0.25, 0.3) is 0 Å². The molecule has 1 heterocycles. The predicted molar refractivity (Wildman–Crippen MR) is 106 cm³/mol. The molecule has 0 aliphatic rings. The summed E-state index contributed by atoms with van der Waals surface area (Å²) in [5.41, 5.74) is 3.43. The van der Waals surface area contributed by atoms with Crippen molar-refractivity contribution in [2.75, 3.05) is 13.2 Å². The van der Waals surface area contributed by atoms with E-state index in [9.17, 15) is 5.11 Å². The summed E-state index contributed by atoms with van der Waals surface area (Å²) in [7, 11) is 0. The number of aromatic nitrogens is 1. The van der Waals surface area contributed by atoms with E-state index in [0.29, 0.717) is 18.1 Å². The zero-order chi connectivity index (χ0) is 18.2. The van der Waals surface area contributed by atoms with Crippen molar-refractivity contribution in [2.24, 2.45) is 0 Å². The molecule has 0 aliphatic carbocycles. The van der Waals surface area contributed by atoms with Crippen molar-refractivity contribution in [3.05, 3.63) is 101 Å². The molecule has 0 saturated heterocycles. The molecule has 0 amide bonds. The van der Waals surface area contributed by atoms with Crippen molar-refractivity contribution < 1.29 is 5.11 Å². The molecular formula is C22H23ClN2O. The second-order valence-corrected chi connectivity index (χ2v) is 6.58. The van der Waals surface area contributed by atoms with Gasteiger partial charge in [-0.2, -0.15) is 0 Å². The molecule has 26 heavy (non-hydrogen) atoms. The first-order valence-corrected chi connectivity index (χ1v) is 9.21. The first kappa shape index (κ1) is 18.6. The van der Waals surface area contributed by atoms with Gasteiger partial charge in [-0.3, -0.25) is 4.90 Å². The molecule has 3 aromatic rings. The van der Waals surface area contributed by atoms with Crippen molar-refractivity contribution in [1.82, 2.24) is 9.88 Å². The molecular weight excluding hydrogens is 344 g/mol. The number of aliphatic hydroxyl groups is 1. The van der Waals surface area contributed by atoms with Crippen molar-refractivity contribution >= 4 is 11.6 Å². The summed E-state index contributed by atoms with van der Waals surface area (Å²) in [5.74, 6) is 0. The fourth-order valence-corrected chi connectivity index (χ4v) is 3.39. The molecule has 0 saturated carbocycles. The van der Waals surface area contributed by atoms with Crippen molar-refractivity contribution in [3.63, 3.8) is 0 Å². The van der Waals surface area contributed by atoms with E-state index in [1.54, 1.807) is 6.20 Å². The minimum Gasteiger partial charge on any atom is -0.396 e. The molecule has 3 nitrogen and oxygen atoms in total. The van der Waals surface area contributed by atoms with Crippen LogP contribution in [0.4, 0.5) is 0 Å². The van der Waals surface area contributed by atoms with Crippen LogP contribution in [0.3, 0.4) is 0 Å². The molecule has 2 aromatic carbocycles. The zero-order valence-corrected chi connectivity index (χ0v) is 15.4. The molecule has 0 spiro atoms. The minimum absolute atomic E-state index is 0.0835. The van der Waals surface area contributed by atoms with Crippen LogP contribution in [0, 0.1) is 0 Å². The maximum Gasteiger partial charge on any atom is 0.133 e. The van der Waals surface area contributed by atoms with Gasteiger partial charge >= 0.3 is 0 Å². The molecule has 1 N–H and O–H groups in total. The smallest absolute Gasteiger partial charge is 0.133 e. The molecule has 0 unspecified atom stereocenters. The number of pyridine rings is 1. The molecule has 0 bridgehead atoms. The average Bonchev–Trinajstić information content (AvgIpc) is 2.69. The van der Waals surface area contributed by atoms with Gasteiger partial charge in [-0.25, -0.2) is 4.98 Å². The lowest BCUT2D eigenvalue weighted by atomic mass is 9.96. The number of aliphatic hydroxyl groups excluding tert-OH is 1. The third-order valence-electron chi connectivity index (χ3n) is 4.41. The van der Waals surface area contributed by atoms with E-state index >= 15 is 0 Å². The Morgan fingerprint density at radius 1 is 0.885 bits per heavy atom. The Labute approximate surface area is 159 Å². The van der Waals surface area contributed by atoms with E-state index in [1.807, 2.05) is 24.3 Å². The van der Waals surface area contributed by atoms with Crippen molar-refractivity contribution in [1.29, 1.82) is 0 Å². The van der Waals surface area contributed by atoms with Crippen LogP contribution >= 0.6 is 11.6 Å². The van der Waals surface area contributed by atoms with Gasteiger partial charge in [0.15, 0.2) is 0 Å². The summed E-state index contributed by atoms with van der Waals surface area (Å²) in [6, 6.07) is 24.9. The second kappa shape index (κ2) is 9.48. The first-order chi connectivity index (χ1) is 12.8. The van der Waals surface area contributed by atoms with Gasteiger partial charge in [-0.05, 0) is 23.6 Å². The lowest BCUT2D eigenvalue weighted by Gasteiger charge is -2.33. The Bertz CT molecular complexity index is 756. The SMILES string of the molecule is OCCCN(Cc1cccnc1Cl)C(c1ccccc1)c1ccccc1. The van der Waals surface area contributed by atoms with Crippen LogP contribution in [-0.4, -0.2) is 28.1 Å². The monoisotopic (exact) mass is 366 g/mol. The average molecular weight is 367 g/mol. The Morgan fingerprint density at radius 2 is 1.50 bits per heavy atom. The maximum atomic E-state index is 9.39. The van der Waals surface area contributed by atoms with E-state index in [4.69, 9.17) is 11.6 Å². The normalized spacial score (nSPS) is 11.2. The largest absolute Gasteiger partial charge is 0.396 e. The fourth-order valence-electron chi connectivity index (χ4n) is 3.21. The van der Waals surface area contributed by atoms with E-state index in [-0.39, 0.29) is 12.6 Å². The number of hydrogen-bond acceptors (Lipinski definition) is 3. The molecule has 0 fully saturated rings. The number of hydrogen-bond donors (Lipinski definition) is 1.